The average molecular weight is 336 g/mol. The van der Waals surface area contributed by atoms with Crippen molar-refractivity contribution in [3.8, 4) is 0 Å². The molecule has 0 amide bonds. The Bertz CT molecular complexity index is 908. The summed E-state index contributed by atoms with van der Waals surface area (Å²) in [5.74, 6) is 0.0220. The minimum Gasteiger partial charge on any atom is -0.408 e. The van der Waals surface area contributed by atoms with E-state index in [0.717, 1.165) is 25.7 Å². The molecule has 0 spiro atoms. The molecular weight excluding hydrogens is 316 g/mol. The van der Waals surface area contributed by atoms with E-state index in [2.05, 4.69) is 0 Å². The summed E-state index contributed by atoms with van der Waals surface area (Å²) in [6.07, 6.45) is 5.33. The van der Waals surface area contributed by atoms with Gasteiger partial charge in [0.15, 0.2) is 5.58 Å². The van der Waals surface area contributed by atoms with Crippen molar-refractivity contribution < 1.29 is 12.8 Å². The topological polar surface area (TPSA) is 72.5 Å². The smallest absolute Gasteiger partial charge is 0.408 e. The van der Waals surface area contributed by atoms with Crippen LogP contribution in [0.4, 0.5) is 0 Å². The third kappa shape index (κ3) is 2.25. The fraction of sp³-hybridized carbons (Fsp3) is 0.562. The van der Waals surface area contributed by atoms with Crippen LogP contribution in [0.1, 0.15) is 32.1 Å². The first kappa shape index (κ1) is 15.0. The monoisotopic (exact) mass is 336 g/mol. The van der Waals surface area contributed by atoms with Gasteiger partial charge in [-0.15, -0.1) is 0 Å². The molecule has 2 heterocycles. The number of rotatable bonds is 3. The fourth-order valence-electron chi connectivity index (χ4n) is 3.77. The number of benzene rings is 1. The molecule has 1 saturated heterocycles. The maximum atomic E-state index is 13.0. The molecule has 23 heavy (non-hydrogen) atoms. The largest absolute Gasteiger partial charge is 0.419 e. The molecule has 2 fully saturated rings. The second-order valence-electron chi connectivity index (χ2n) is 6.57. The molecule has 1 saturated carbocycles. The van der Waals surface area contributed by atoms with Gasteiger partial charge in [0.1, 0.15) is 0 Å². The summed E-state index contributed by atoms with van der Waals surface area (Å²) in [6.45, 7) is 0.584. The van der Waals surface area contributed by atoms with E-state index >= 15 is 0 Å². The van der Waals surface area contributed by atoms with Gasteiger partial charge in [0.2, 0.25) is 10.0 Å². The van der Waals surface area contributed by atoms with Crippen LogP contribution in [0, 0.1) is 5.92 Å². The number of nitrogens with zero attached hydrogens (tertiary/aromatic N) is 2. The Balaban J connectivity index is 1.74. The molecule has 1 unspecified atom stereocenters. The summed E-state index contributed by atoms with van der Waals surface area (Å²) in [5.41, 5.74) is 0.920. The molecule has 4 rings (SSSR count). The van der Waals surface area contributed by atoms with E-state index in [1.54, 1.807) is 23.5 Å². The van der Waals surface area contributed by atoms with E-state index in [-0.39, 0.29) is 10.9 Å². The molecule has 1 aliphatic heterocycles. The van der Waals surface area contributed by atoms with Crippen LogP contribution in [0.3, 0.4) is 0 Å². The Kier molecular flexibility index (Phi) is 3.39. The maximum absolute atomic E-state index is 13.0. The highest BCUT2D eigenvalue weighted by molar-refractivity contribution is 7.89. The SMILES string of the molecule is Cn1c(=O)oc2cc(S(=O)(=O)N3CCCC3C3CCC3)ccc21. The Morgan fingerprint density at radius 2 is 1.96 bits per heavy atom. The fourth-order valence-corrected chi connectivity index (χ4v) is 5.54. The van der Waals surface area contributed by atoms with Crippen molar-refractivity contribution in [3.63, 3.8) is 0 Å². The van der Waals surface area contributed by atoms with E-state index in [0.29, 0.717) is 23.6 Å². The summed E-state index contributed by atoms with van der Waals surface area (Å²) < 4.78 is 34.2. The van der Waals surface area contributed by atoms with Gasteiger partial charge in [-0.1, -0.05) is 6.42 Å². The molecule has 7 heteroatoms. The number of oxazole rings is 1. The molecular formula is C16H20N2O4S. The number of aromatic nitrogens is 1. The summed E-state index contributed by atoms with van der Waals surface area (Å²) in [6, 6.07) is 4.82. The number of hydrogen-bond donors (Lipinski definition) is 0. The molecule has 2 aliphatic rings. The lowest BCUT2D eigenvalue weighted by molar-refractivity contribution is 0.191. The van der Waals surface area contributed by atoms with Gasteiger partial charge >= 0.3 is 5.76 Å². The van der Waals surface area contributed by atoms with Crippen LogP contribution < -0.4 is 5.76 Å². The zero-order chi connectivity index (χ0) is 16.2. The summed E-state index contributed by atoms with van der Waals surface area (Å²) in [4.78, 5) is 11.8. The minimum atomic E-state index is -3.54. The number of hydrogen-bond acceptors (Lipinski definition) is 4. The summed E-state index contributed by atoms with van der Waals surface area (Å²) in [7, 11) is -1.94. The van der Waals surface area contributed by atoms with Gasteiger partial charge in [-0.2, -0.15) is 4.31 Å². The highest BCUT2D eigenvalue weighted by Crippen LogP contribution is 2.39. The Morgan fingerprint density at radius 1 is 1.17 bits per heavy atom. The zero-order valence-corrected chi connectivity index (χ0v) is 13.9. The van der Waals surface area contributed by atoms with E-state index < -0.39 is 15.8 Å². The van der Waals surface area contributed by atoms with Gasteiger partial charge in [-0.05, 0) is 43.7 Å². The van der Waals surface area contributed by atoms with Crippen LogP contribution in [-0.2, 0) is 17.1 Å². The van der Waals surface area contributed by atoms with Crippen LogP contribution >= 0.6 is 0 Å². The maximum Gasteiger partial charge on any atom is 0.419 e. The first-order chi connectivity index (χ1) is 11.0. The molecule has 2 aromatic rings. The van der Waals surface area contributed by atoms with Crippen molar-refractivity contribution in [2.45, 2.75) is 43.0 Å². The number of sulfonamides is 1. The molecule has 0 bridgehead atoms. The molecule has 1 aromatic heterocycles. The highest BCUT2D eigenvalue weighted by atomic mass is 32.2. The van der Waals surface area contributed by atoms with E-state index in [9.17, 15) is 13.2 Å². The number of fused-ring (bicyclic) bond motifs is 1. The quantitative estimate of drug-likeness (QED) is 0.860. The van der Waals surface area contributed by atoms with E-state index in [1.807, 2.05) is 0 Å². The molecule has 0 radical (unpaired) electrons. The third-order valence-electron chi connectivity index (χ3n) is 5.31. The third-order valence-corrected chi connectivity index (χ3v) is 7.23. The van der Waals surface area contributed by atoms with Crippen molar-refractivity contribution in [2.75, 3.05) is 6.54 Å². The van der Waals surface area contributed by atoms with Gasteiger partial charge in [-0.25, -0.2) is 13.2 Å². The van der Waals surface area contributed by atoms with Gasteiger partial charge in [0, 0.05) is 25.7 Å². The van der Waals surface area contributed by atoms with Crippen molar-refractivity contribution in [1.82, 2.24) is 8.87 Å². The van der Waals surface area contributed by atoms with E-state index in [1.165, 1.54) is 17.1 Å². The van der Waals surface area contributed by atoms with E-state index in [4.69, 9.17) is 4.42 Å². The second-order valence-corrected chi connectivity index (χ2v) is 8.46. The zero-order valence-electron chi connectivity index (χ0n) is 13.1. The molecule has 1 atom stereocenters. The van der Waals surface area contributed by atoms with Crippen molar-refractivity contribution in [1.29, 1.82) is 0 Å². The van der Waals surface area contributed by atoms with Gasteiger partial charge in [-0.3, -0.25) is 4.57 Å². The highest BCUT2D eigenvalue weighted by Gasteiger charge is 2.41. The number of aryl methyl sites for hydroxylation is 1. The Labute approximate surface area is 134 Å². The van der Waals surface area contributed by atoms with Crippen molar-refractivity contribution >= 4 is 21.1 Å². The van der Waals surface area contributed by atoms with Crippen LogP contribution in [0.25, 0.3) is 11.1 Å². The first-order valence-electron chi connectivity index (χ1n) is 8.10. The normalized spacial score (nSPS) is 23.4. The standard InChI is InChI=1S/C16H20N2O4S/c1-17-14-8-7-12(10-15(14)22-16(17)19)23(20,21)18-9-3-6-13(18)11-4-2-5-11/h7-8,10-11,13H,2-6,9H2,1H3. The molecule has 0 N–H and O–H groups in total. The average Bonchev–Trinajstić information content (AvgIpc) is 3.03. The van der Waals surface area contributed by atoms with Gasteiger partial charge in [0.05, 0.1) is 10.4 Å². The lowest BCUT2D eigenvalue weighted by Crippen LogP contribution is -2.42. The minimum absolute atomic E-state index is 0.132. The summed E-state index contributed by atoms with van der Waals surface area (Å²) >= 11 is 0. The van der Waals surface area contributed by atoms with Crippen molar-refractivity contribution in [3.05, 3.63) is 28.7 Å². The molecule has 6 nitrogen and oxygen atoms in total. The Morgan fingerprint density at radius 3 is 2.65 bits per heavy atom. The molecule has 1 aliphatic carbocycles. The van der Waals surface area contributed by atoms with Gasteiger partial charge < -0.3 is 4.42 Å². The van der Waals surface area contributed by atoms with Crippen LogP contribution in [0.15, 0.2) is 32.3 Å². The van der Waals surface area contributed by atoms with Crippen LogP contribution in [-0.4, -0.2) is 29.9 Å². The second kappa shape index (κ2) is 5.21. The lowest BCUT2D eigenvalue weighted by atomic mass is 9.79. The van der Waals surface area contributed by atoms with Gasteiger partial charge in [0.25, 0.3) is 0 Å². The lowest BCUT2D eigenvalue weighted by Gasteiger charge is -2.36. The molecule has 124 valence electrons. The summed E-state index contributed by atoms with van der Waals surface area (Å²) in [5, 5.41) is 0. The first-order valence-corrected chi connectivity index (χ1v) is 9.54. The Hall–Kier alpha value is -1.60. The molecule has 1 aromatic carbocycles. The van der Waals surface area contributed by atoms with Crippen molar-refractivity contribution in [2.24, 2.45) is 13.0 Å². The predicted molar refractivity (Wildman–Crippen MR) is 85.7 cm³/mol. The van der Waals surface area contributed by atoms with Crippen LogP contribution in [0.2, 0.25) is 0 Å². The predicted octanol–water partition coefficient (Wildman–Crippen LogP) is 2.08. The van der Waals surface area contributed by atoms with Crippen LogP contribution in [0.5, 0.6) is 0 Å².